The van der Waals surface area contributed by atoms with E-state index in [1.54, 1.807) is 0 Å². The summed E-state index contributed by atoms with van der Waals surface area (Å²) in [6.45, 7) is 0. The van der Waals surface area contributed by atoms with Crippen LogP contribution >= 0.6 is 0 Å². The highest BCUT2D eigenvalue weighted by Gasteiger charge is 2.30. The molecular formula is C11H14N4O4. The van der Waals surface area contributed by atoms with E-state index in [0.29, 0.717) is 12.1 Å². The van der Waals surface area contributed by atoms with Gasteiger partial charge in [0.2, 0.25) is 11.8 Å². The lowest BCUT2D eigenvalue weighted by molar-refractivity contribution is -0.142. The molecule has 2 atom stereocenters. The third-order valence-corrected chi connectivity index (χ3v) is 2.91. The Bertz CT molecular complexity index is 485. The predicted molar refractivity (Wildman–Crippen MR) is 63.0 cm³/mol. The van der Waals surface area contributed by atoms with Crippen molar-refractivity contribution in [1.82, 2.24) is 20.6 Å². The van der Waals surface area contributed by atoms with Crippen molar-refractivity contribution in [2.24, 2.45) is 0 Å². The van der Waals surface area contributed by atoms with Crippen molar-refractivity contribution < 1.29 is 19.5 Å². The molecule has 8 nitrogen and oxygen atoms in total. The maximum Gasteiger partial charge on any atom is 0.326 e. The van der Waals surface area contributed by atoms with Crippen LogP contribution < -0.4 is 10.6 Å². The van der Waals surface area contributed by atoms with Crippen LogP contribution in [0, 0.1) is 0 Å². The summed E-state index contributed by atoms with van der Waals surface area (Å²) in [6.07, 6.45) is 3.73. The molecule has 102 valence electrons. The van der Waals surface area contributed by atoms with Gasteiger partial charge in [-0.15, -0.1) is 0 Å². The van der Waals surface area contributed by atoms with Gasteiger partial charge < -0.3 is 20.7 Å². The zero-order valence-corrected chi connectivity index (χ0v) is 10.0. The fourth-order valence-electron chi connectivity index (χ4n) is 1.90. The van der Waals surface area contributed by atoms with Gasteiger partial charge in [-0.3, -0.25) is 9.59 Å². The summed E-state index contributed by atoms with van der Waals surface area (Å²) < 4.78 is 0. The lowest BCUT2D eigenvalue weighted by Gasteiger charge is -2.16. The van der Waals surface area contributed by atoms with Gasteiger partial charge in [-0.05, 0) is 6.42 Å². The third kappa shape index (κ3) is 3.30. The molecule has 1 aromatic heterocycles. The van der Waals surface area contributed by atoms with Crippen molar-refractivity contribution in [3.05, 3.63) is 18.2 Å². The van der Waals surface area contributed by atoms with E-state index < -0.39 is 24.0 Å². The minimum Gasteiger partial charge on any atom is -0.480 e. The highest BCUT2D eigenvalue weighted by molar-refractivity contribution is 5.92. The minimum atomic E-state index is -1.13. The van der Waals surface area contributed by atoms with E-state index >= 15 is 0 Å². The van der Waals surface area contributed by atoms with Gasteiger partial charge in [0.1, 0.15) is 12.1 Å². The van der Waals surface area contributed by atoms with Gasteiger partial charge in [0, 0.05) is 24.7 Å². The van der Waals surface area contributed by atoms with Gasteiger partial charge in [0.05, 0.1) is 6.33 Å². The largest absolute Gasteiger partial charge is 0.480 e. The van der Waals surface area contributed by atoms with Crippen LogP contribution in [0.25, 0.3) is 0 Å². The predicted octanol–water partition coefficient (Wildman–Crippen LogP) is -1.20. The molecule has 2 heterocycles. The number of hydrogen-bond acceptors (Lipinski definition) is 4. The first-order valence-corrected chi connectivity index (χ1v) is 5.86. The highest BCUT2D eigenvalue weighted by Crippen LogP contribution is 2.07. The average molecular weight is 266 g/mol. The second-order valence-electron chi connectivity index (χ2n) is 4.34. The van der Waals surface area contributed by atoms with Crippen LogP contribution in [0.15, 0.2) is 12.5 Å². The van der Waals surface area contributed by atoms with Crippen LogP contribution in [0.2, 0.25) is 0 Å². The number of aliphatic carboxylic acids is 1. The van der Waals surface area contributed by atoms with Crippen LogP contribution in [0.1, 0.15) is 18.5 Å². The number of rotatable bonds is 5. The summed E-state index contributed by atoms with van der Waals surface area (Å²) in [4.78, 5) is 40.5. The van der Waals surface area contributed by atoms with E-state index in [4.69, 9.17) is 5.11 Å². The van der Waals surface area contributed by atoms with E-state index in [1.165, 1.54) is 12.5 Å². The molecule has 0 aromatic carbocycles. The zero-order valence-electron chi connectivity index (χ0n) is 10.0. The van der Waals surface area contributed by atoms with Crippen molar-refractivity contribution in [2.75, 3.05) is 0 Å². The van der Waals surface area contributed by atoms with Crippen LogP contribution in [-0.4, -0.2) is 44.9 Å². The Labute approximate surface area is 108 Å². The molecule has 1 unspecified atom stereocenters. The zero-order chi connectivity index (χ0) is 13.8. The molecule has 2 amide bonds. The van der Waals surface area contributed by atoms with E-state index in [9.17, 15) is 14.4 Å². The number of carboxylic acids is 1. The molecule has 0 bridgehead atoms. The number of imidazole rings is 1. The van der Waals surface area contributed by atoms with Crippen LogP contribution in [0.4, 0.5) is 0 Å². The molecule has 1 saturated heterocycles. The maximum atomic E-state index is 11.8. The first-order chi connectivity index (χ1) is 9.06. The highest BCUT2D eigenvalue weighted by atomic mass is 16.4. The Morgan fingerprint density at radius 2 is 2.37 bits per heavy atom. The van der Waals surface area contributed by atoms with E-state index in [0.717, 1.165) is 0 Å². The Kier molecular flexibility index (Phi) is 3.79. The van der Waals surface area contributed by atoms with Gasteiger partial charge in [-0.1, -0.05) is 0 Å². The fourth-order valence-corrected chi connectivity index (χ4v) is 1.90. The molecule has 0 aliphatic carbocycles. The summed E-state index contributed by atoms with van der Waals surface area (Å²) in [6, 6.07) is -1.69. The SMILES string of the molecule is O=C1CC[C@@H](C(=O)NC(Cc2cnc[nH]2)C(=O)O)N1. The molecule has 2 rings (SSSR count). The monoisotopic (exact) mass is 266 g/mol. The second-order valence-corrected chi connectivity index (χ2v) is 4.34. The number of nitrogens with zero attached hydrogens (tertiary/aromatic N) is 1. The molecule has 0 spiro atoms. The van der Waals surface area contributed by atoms with Gasteiger partial charge in [-0.25, -0.2) is 9.78 Å². The molecular weight excluding hydrogens is 252 g/mol. The quantitative estimate of drug-likeness (QED) is 0.533. The van der Waals surface area contributed by atoms with Crippen molar-refractivity contribution in [1.29, 1.82) is 0 Å². The van der Waals surface area contributed by atoms with Crippen molar-refractivity contribution in [3.8, 4) is 0 Å². The van der Waals surface area contributed by atoms with E-state index in [1.807, 2.05) is 0 Å². The first kappa shape index (κ1) is 13.1. The maximum absolute atomic E-state index is 11.8. The normalized spacial score (nSPS) is 19.8. The molecule has 19 heavy (non-hydrogen) atoms. The molecule has 0 saturated carbocycles. The molecule has 1 aromatic rings. The number of aromatic nitrogens is 2. The Morgan fingerprint density at radius 3 is 2.89 bits per heavy atom. The number of nitrogens with one attached hydrogen (secondary N) is 3. The molecule has 0 radical (unpaired) electrons. The smallest absolute Gasteiger partial charge is 0.326 e. The molecule has 8 heteroatoms. The van der Waals surface area contributed by atoms with Gasteiger partial charge in [-0.2, -0.15) is 0 Å². The third-order valence-electron chi connectivity index (χ3n) is 2.91. The molecule has 1 aliphatic heterocycles. The Hall–Kier alpha value is -2.38. The standard InChI is InChI=1S/C11H14N4O4/c16-9-2-1-7(14-9)10(17)15-8(11(18)19)3-6-4-12-5-13-6/h4-5,7-8H,1-3H2,(H,12,13)(H,14,16)(H,15,17)(H,18,19)/t7-,8?/m0/s1. The Balaban J connectivity index is 1.95. The number of amides is 2. The van der Waals surface area contributed by atoms with Crippen molar-refractivity contribution >= 4 is 17.8 Å². The number of H-pyrrole nitrogens is 1. The summed E-state index contributed by atoms with van der Waals surface area (Å²) in [7, 11) is 0. The molecule has 4 N–H and O–H groups in total. The summed E-state index contributed by atoms with van der Waals surface area (Å²) >= 11 is 0. The summed E-state index contributed by atoms with van der Waals surface area (Å²) in [5, 5.41) is 14.0. The molecule has 1 fully saturated rings. The molecule has 1 aliphatic rings. The van der Waals surface area contributed by atoms with Crippen LogP contribution in [0.3, 0.4) is 0 Å². The van der Waals surface area contributed by atoms with Crippen molar-refractivity contribution in [2.45, 2.75) is 31.3 Å². The fraction of sp³-hybridized carbons (Fsp3) is 0.455. The van der Waals surface area contributed by atoms with Gasteiger partial charge >= 0.3 is 5.97 Å². The van der Waals surface area contributed by atoms with E-state index in [-0.39, 0.29) is 18.7 Å². The van der Waals surface area contributed by atoms with E-state index in [2.05, 4.69) is 20.6 Å². The first-order valence-electron chi connectivity index (χ1n) is 5.86. The number of carbonyl (C=O) groups is 3. The Morgan fingerprint density at radius 1 is 1.58 bits per heavy atom. The lowest BCUT2D eigenvalue weighted by Crippen LogP contribution is -2.49. The average Bonchev–Trinajstić information content (AvgIpc) is 2.99. The second kappa shape index (κ2) is 5.51. The number of aromatic amines is 1. The number of hydrogen-bond donors (Lipinski definition) is 4. The number of carboxylic acid groups (broad SMARTS) is 1. The van der Waals surface area contributed by atoms with Gasteiger partial charge in [0.15, 0.2) is 0 Å². The lowest BCUT2D eigenvalue weighted by atomic mass is 10.1. The summed E-state index contributed by atoms with van der Waals surface area (Å²) in [5.74, 6) is -1.80. The van der Waals surface area contributed by atoms with Gasteiger partial charge in [0.25, 0.3) is 0 Å². The summed E-state index contributed by atoms with van der Waals surface area (Å²) in [5.41, 5.74) is 0.614. The number of carbonyl (C=O) groups excluding carboxylic acids is 2. The minimum absolute atomic E-state index is 0.113. The van der Waals surface area contributed by atoms with Crippen LogP contribution in [0.5, 0.6) is 0 Å². The van der Waals surface area contributed by atoms with Crippen molar-refractivity contribution in [3.63, 3.8) is 0 Å². The van der Waals surface area contributed by atoms with Crippen LogP contribution in [-0.2, 0) is 20.8 Å². The topological polar surface area (TPSA) is 124 Å².